The molecular weight excluding hydrogens is 314 g/mol. The van der Waals surface area contributed by atoms with E-state index >= 15 is 0 Å². The van der Waals surface area contributed by atoms with Crippen molar-refractivity contribution in [3.8, 4) is 11.5 Å². The van der Waals surface area contributed by atoms with Crippen LogP contribution in [0, 0.1) is 0 Å². The molecule has 3 aromatic heterocycles. The van der Waals surface area contributed by atoms with E-state index in [2.05, 4.69) is 17.2 Å². The molecule has 5 heteroatoms. The highest BCUT2D eigenvalue weighted by atomic mass is 16.3. The summed E-state index contributed by atoms with van der Waals surface area (Å²) in [5.41, 5.74) is 1.44. The molecule has 5 nitrogen and oxygen atoms in total. The number of hydrogen-bond acceptors (Lipinski definition) is 3. The number of amides is 1. The zero-order chi connectivity index (χ0) is 17.5. The van der Waals surface area contributed by atoms with E-state index in [1.807, 2.05) is 40.9 Å². The lowest BCUT2D eigenvalue weighted by Crippen LogP contribution is -2.13. The second kappa shape index (κ2) is 8.51. The molecule has 0 saturated carbocycles. The lowest BCUT2D eigenvalue weighted by molar-refractivity contribution is -0.116. The van der Waals surface area contributed by atoms with Gasteiger partial charge in [-0.1, -0.05) is 45.1 Å². The van der Waals surface area contributed by atoms with Crippen molar-refractivity contribution < 1.29 is 9.21 Å². The molecule has 132 valence electrons. The average Bonchev–Trinajstić information content (AvgIpc) is 3.26. The Kier molecular flexibility index (Phi) is 5.88. The molecule has 0 unspecified atom stereocenters. The number of nitrogens with one attached hydrogen (secondary N) is 1. The quantitative estimate of drug-likeness (QED) is 0.539. The van der Waals surface area contributed by atoms with E-state index in [0.29, 0.717) is 23.7 Å². The normalized spacial score (nSPS) is 11.1. The summed E-state index contributed by atoms with van der Waals surface area (Å²) in [4.78, 5) is 17.0. The Morgan fingerprint density at radius 1 is 1.12 bits per heavy atom. The third-order valence-electron chi connectivity index (χ3n) is 4.30. The van der Waals surface area contributed by atoms with Crippen molar-refractivity contribution in [1.29, 1.82) is 0 Å². The fraction of sp³-hybridized carbons (Fsp3) is 0.400. The number of carbonyl (C=O) groups excluding carboxylic acids is 1. The van der Waals surface area contributed by atoms with Crippen molar-refractivity contribution in [2.75, 3.05) is 5.32 Å². The molecule has 3 aromatic rings. The third-order valence-corrected chi connectivity index (χ3v) is 4.30. The molecule has 1 amide bonds. The van der Waals surface area contributed by atoms with Gasteiger partial charge in [0.2, 0.25) is 5.91 Å². The first-order chi connectivity index (χ1) is 12.3. The molecule has 0 atom stereocenters. The number of aromatic nitrogens is 2. The Balaban J connectivity index is 1.68. The van der Waals surface area contributed by atoms with Crippen LogP contribution in [0.15, 0.2) is 47.2 Å². The van der Waals surface area contributed by atoms with Crippen LogP contribution in [0.4, 0.5) is 5.82 Å². The first kappa shape index (κ1) is 17.3. The summed E-state index contributed by atoms with van der Waals surface area (Å²) in [5.74, 6) is 1.34. The predicted octanol–water partition coefficient (Wildman–Crippen LogP) is 5.28. The Hall–Kier alpha value is -2.56. The number of rotatable bonds is 9. The van der Waals surface area contributed by atoms with Crippen LogP contribution in [-0.4, -0.2) is 15.3 Å². The van der Waals surface area contributed by atoms with E-state index in [4.69, 9.17) is 4.42 Å². The summed E-state index contributed by atoms with van der Waals surface area (Å²) in [6.45, 7) is 2.21. The van der Waals surface area contributed by atoms with E-state index in [0.717, 1.165) is 18.5 Å². The van der Waals surface area contributed by atoms with Crippen LogP contribution in [0.1, 0.15) is 51.9 Å². The Bertz CT molecular complexity index is 806. The predicted molar refractivity (Wildman–Crippen MR) is 99.5 cm³/mol. The van der Waals surface area contributed by atoms with Gasteiger partial charge in [0.05, 0.1) is 6.26 Å². The second-order valence-electron chi connectivity index (χ2n) is 6.28. The van der Waals surface area contributed by atoms with Gasteiger partial charge in [-0.05, 0) is 30.7 Å². The monoisotopic (exact) mass is 339 g/mol. The number of furan rings is 1. The standard InChI is InChI=1S/C20H25N3O2/c1-2-3-4-5-6-7-13-18(24)22-20-19(16-11-10-15-25-16)21-17-12-8-9-14-23(17)20/h8-12,14-15H,2-7,13H2,1H3,(H,22,24). The molecule has 0 spiro atoms. The molecule has 0 aromatic carbocycles. The largest absolute Gasteiger partial charge is 0.463 e. The number of hydrogen-bond donors (Lipinski definition) is 1. The van der Waals surface area contributed by atoms with Gasteiger partial charge in [-0.2, -0.15) is 0 Å². The highest BCUT2D eigenvalue weighted by Gasteiger charge is 2.17. The van der Waals surface area contributed by atoms with E-state index in [9.17, 15) is 4.79 Å². The highest BCUT2D eigenvalue weighted by molar-refractivity contribution is 5.94. The third kappa shape index (κ3) is 4.29. The summed E-state index contributed by atoms with van der Waals surface area (Å²) in [5, 5.41) is 3.03. The minimum atomic E-state index is 0.0222. The van der Waals surface area contributed by atoms with Crippen LogP contribution in [0.3, 0.4) is 0 Å². The van der Waals surface area contributed by atoms with Crippen LogP contribution >= 0.6 is 0 Å². The lowest BCUT2D eigenvalue weighted by atomic mass is 10.1. The van der Waals surface area contributed by atoms with Gasteiger partial charge in [-0.25, -0.2) is 4.98 Å². The van der Waals surface area contributed by atoms with Crippen LogP contribution in [0.2, 0.25) is 0 Å². The number of fused-ring (bicyclic) bond motifs is 1. The molecule has 3 rings (SSSR count). The van der Waals surface area contributed by atoms with Gasteiger partial charge in [-0.3, -0.25) is 9.20 Å². The van der Waals surface area contributed by atoms with Gasteiger partial charge < -0.3 is 9.73 Å². The maximum atomic E-state index is 12.4. The van der Waals surface area contributed by atoms with Crippen molar-refractivity contribution in [2.45, 2.75) is 51.9 Å². The van der Waals surface area contributed by atoms with Crippen LogP contribution in [0.5, 0.6) is 0 Å². The highest BCUT2D eigenvalue weighted by Crippen LogP contribution is 2.29. The Morgan fingerprint density at radius 3 is 2.76 bits per heavy atom. The molecule has 0 aliphatic rings. The smallest absolute Gasteiger partial charge is 0.225 e. The molecule has 0 saturated heterocycles. The van der Waals surface area contributed by atoms with Crippen molar-refractivity contribution in [2.24, 2.45) is 0 Å². The Morgan fingerprint density at radius 2 is 1.96 bits per heavy atom. The molecule has 0 radical (unpaired) electrons. The molecule has 0 bridgehead atoms. The molecule has 0 fully saturated rings. The van der Waals surface area contributed by atoms with Crippen LogP contribution in [0.25, 0.3) is 17.1 Å². The van der Waals surface area contributed by atoms with E-state index in [-0.39, 0.29) is 5.91 Å². The fourth-order valence-electron chi connectivity index (χ4n) is 2.96. The van der Waals surface area contributed by atoms with Crippen molar-refractivity contribution in [1.82, 2.24) is 9.38 Å². The SMILES string of the molecule is CCCCCCCCC(=O)Nc1c(-c2ccco2)nc2ccccn12. The van der Waals surface area contributed by atoms with E-state index in [1.54, 1.807) is 6.26 Å². The molecule has 0 aliphatic heterocycles. The Labute approximate surface area is 148 Å². The van der Waals surface area contributed by atoms with Crippen LogP contribution in [-0.2, 0) is 4.79 Å². The maximum Gasteiger partial charge on any atom is 0.225 e. The van der Waals surface area contributed by atoms with E-state index in [1.165, 1.54) is 25.7 Å². The van der Waals surface area contributed by atoms with Gasteiger partial charge in [0.1, 0.15) is 17.2 Å². The van der Waals surface area contributed by atoms with Crippen molar-refractivity contribution in [3.63, 3.8) is 0 Å². The topological polar surface area (TPSA) is 59.5 Å². The fourth-order valence-corrected chi connectivity index (χ4v) is 2.96. The molecular formula is C20H25N3O2. The minimum absolute atomic E-state index is 0.0222. The summed E-state index contributed by atoms with van der Waals surface area (Å²) < 4.78 is 7.37. The molecule has 25 heavy (non-hydrogen) atoms. The van der Waals surface area contributed by atoms with Crippen molar-refractivity contribution in [3.05, 3.63) is 42.8 Å². The first-order valence-electron chi connectivity index (χ1n) is 9.10. The van der Waals surface area contributed by atoms with Gasteiger partial charge in [0.15, 0.2) is 5.76 Å². The summed E-state index contributed by atoms with van der Waals surface area (Å²) in [6, 6.07) is 9.43. The molecule has 0 aliphatic carbocycles. The van der Waals surface area contributed by atoms with Gasteiger partial charge in [0.25, 0.3) is 0 Å². The molecule has 3 heterocycles. The lowest BCUT2D eigenvalue weighted by Gasteiger charge is -2.07. The average molecular weight is 339 g/mol. The van der Waals surface area contributed by atoms with Gasteiger partial charge in [0, 0.05) is 12.6 Å². The maximum absolute atomic E-state index is 12.4. The number of anilines is 1. The number of imidazole rings is 1. The summed E-state index contributed by atoms with van der Waals surface area (Å²) in [7, 11) is 0. The van der Waals surface area contributed by atoms with E-state index < -0.39 is 0 Å². The summed E-state index contributed by atoms with van der Waals surface area (Å²) >= 11 is 0. The second-order valence-corrected chi connectivity index (χ2v) is 6.28. The molecule has 1 N–H and O–H groups in total. The van der Waals surface area contributed by atoms with Crippen LogP contribution < -0.4 is 5.32 Å². The zero-order valence-electron chi connectivity index (χ0n) is 14.7. The van der Waals surface area contributed by atoms with Gasteiger partial charge in [-0.15, -0.1) is 0 Å². The van der Waals surface area contributed by atoms with Crippen molar-refractivity contribution >= 4 is 17.4 Å². The first-order valence-corrected chi connectivity index (χ1v) is 9.10. The summed E-state index contributed by atoms with van der Waals surface area (Å²) in [6.07, 6.45) is 11.0. The number of nitrogens with zero attached hydrogens (tertiary/aromatic N) is 2. The number of unbranched alkanes of at least 4 members (excludes halogenated alkanes) is 5. The zero-order valence-corrected chi connectivity index (χ0v) is 14.7. The van der Waals surface area contributed by atoms with Gasteiger partial charge >= 0.3 is 0 Å². The number of pyridine rings is 1. The minimum Gasteiger partial charge on any atom is -0.463 e. The number of carbonyl (C=O) groups is 1.